The summed E-state index contributed by atoms with van der Waals surface area (Å²) in [4.78, 5) is 3.34. The van der Waals surface area contributed by atoms with Gasteiger partial charge in [-0.25, -0.2) is 17.6 Å². The Bertz CT molecular complexity index is 461. The minimum Gasteiger partial charge on any atom is -0.351 e. The summed E-state index contributed by atoms with van der Waals surface area (Å²) in [5, 5.41) is -0.670. The molecule has 0 radical (unpaired) electrons. The molecule has 3 unspecified atom stereocenters. The molecule has 0 N–H and O–H groups in total. The molecule has 1 heterocycles. The van der Waals surface area contributed by atoms with Crippen LogP contribution in [0.3, 0.4) is 0 Å². The molecule has 2 aliphatic carbocycles. The van der Waals surface area contributed by atoms with Crippen molar-refractivity contribution in [2.24, 2.45) is 5.92 Å². The minimum absolute atomic E-state index is 0.162. The second-order valence-corrected chi connectivity index (χ2v) is 7.79. The number of hydrogen-bond donors (Lipinski definition) is 0. The van der Waals surface area contributed by atoms with E-state index in [-0.39, 0.29) is 31.2 Å². The van der Waals surface area contributed by atoms with Crippen molar-refractivity contribution in [3.63, 3.8) is 0 Å². The van der Waals surface area contributed by atoms with Gasteiger partial charge in [0.25, 0.3) is 5.92 Å². The first-order chi connectivity index (χ1) is 10.7. The van der Waals surface area contributed by atoms with E-state index in [1.807, 2.05) is 0 Å². The lowest BCUT2D eigenvalue weighted by atomic mass is 9.85. The molecule has 0 saturated heterocycles. The summed E-state index contributed by atoms with van der Waals surface area (Å²) in [5.41, 5.74) is 0. The maximum Gasteiger partial charge on any atom is 0.283 e. The van der Waals surface area contributed by atoms with Crippen molar-refractivity contribution in [3.05, 3.63) is 12.4 Å². The number of hydrogen-bond acceptors (Lipinski definition) is 2. The van der Waals surface area contributed by atoms with E-state index in [1.54, 1.807) is 22.2 Å². The predicted octanol–water partition coefficient (Wildman–Crippen LogP) is 4.65. The molecule has 0 aromatic carbocycles. The van der Waals surface area contributed by atoms with E-state index in [9.17, 15) is 17.6 Å². The largest absolute Gasteiger partial charge is 0.351 e. The lowest BCUT2D eigenvalue weighted by Crippen LogP contribution is -2.56. The van der Waals surface area contributed by atoms with E-state index in [0.29, 0.717) is 6.54 Å². The lowest BCUT2D eigenvalue weighted by molar-refractivity contribution is -0.117. The van der Waals surface area contributed by atoms with Crippen molar-refractivity contribution in [1.82, 2.24) is 9.80 Å². The highest BCUT2D eigenvalue weighted by atomic mass is 35.5. The maximum absolute atomic E-state index is 14.1. The van der Waals surface area contributed by atoms with Crippen LogP contribution < -0.4 is 0 Å². The summed E-state index contributed by atoms with van der Waals surface area (Å²) >= 11 is 6.11. The Kier molecular flexibility index (Phi) is 4.49. The van der Waals surface area contributed by atoms with Crippen LogP contribution in [0.25, 0.3) is 0 Å². The Morgan fingerprint density at radius 2 is 1.91 bits per heavy atom. The number of nitrogens with zero attached hydrogens (tertiary/aromatic N) is 2. The second-order valence-electron chi connectivity index (χ2n) is 7.23. The summed E-state index contributed by atoms with van der Waals surface area (Å²) < 4.78 is 55.1. The third kappa shape index (κ3) is 3.57. The van der Waals surface area contributed by atoms with E-state index in [0.717, 1.165) is 26.2 Å². The van der Waals surface area contributed by atoms with Gasteiger partial charge in [0, 0.05) is 50.1 Å². The van der Waals surface area contributed by atoms with E-state index in [4.69, 9.17) is 11.6 Å². The van der Waals surface area contributed by atoms with E-state index in [1.165, 1.54) is 0 Å². The molecular weight excluding hydrogens is 332 g/mol. The van der Waals surface area contributed by atoms with Crippen molar-refractivity contribution in [1.29, 1.82) is 0 Å². The Morgan fingerprint density at radius 1 is 1.22 bits per heavy atom. The van der Waals surface area contributed by atoms with E-state index in [2.05, 4.69) is 0 Å². The van der Waals surface area contributed by atoms with Crippen LogP contribution >= 0.6 is 11.6 Å². The molecule has 0 bridgehead atoms. The molecule has 0 spiro atoms. The van der Waals surface area contributed by atoms with Gasteiger partial charge in [0.05, 0.1) is 0 Å². The Hall–Kier alpha value is -0.650. The van der Waals surface area contributed by atoms with Crippen LogP contribution in [0.2, 0.25) is 0 Å². The van der Waals surface area contributed by atoms with Crippen molar-refractivity contribution in [3.8, 4) is 0 Å². The zero-order valence-electron chi connectivity index (χ0n) is 13.2. The number of alkyl halides is 5. The average molecular weight is 355 g/mol. The molecule has 0 aromatic heterocycles. The van der Waals surface area contributed by atoms with Gasteiger partial charge in [-0.1, -0.05) is 0 Å². The Morgan fingerprint density at radius 3 is 2.43 bits per heavy atom. The summed E-state index contributed by atoms with van der Waals surface area (Å²) in [5.74, 6) is -5.80. The second kappa shape index (κ2) is 6.01. The average Bonchev–Trinajstić information content (AvgIpc) is 2.73. The van der Waals surface area contributed by atoms with E-state index < -0.39 is 23.4 Å². The first kappa shape index (κ1) is 17.2. The SMILES string of the molecule is CC(F)(F)C1N(CC2CCC(F)(F)CC2Cl)C=CN1C1CCC1. The molecule has 7 heteroatoms. The third-order valence-electron chi connectivity index (χ3n) is 5.31. The van der Waals surface area contributed by atoms with Gasteiger partial charge in [-0.05, 0) is 31.6 Å². The molecule has 0 aromatic rings. The van der Waals surface area contributed by atoms with Gasteiger partial charge in [-0.15, -0.1) is 11.6 Å². The molecule has 132 valence electrons. The molecule has 0 amide bonds. The predicted molar refractivity (Wildman–Crippen MR) is 81.7 cm³/mol. The first-order valence-electron chi connectivity index (χ1n) is 8.29. The van der Waals surface area contributed by atoms with Gasteiger partial charge in [0.2, 0.25) is 5.92 Å². The van der Waals surface area contributed by atoms with Crippen LogP contribution in [0.4, 0.5) is 17.6 Å². The standard InChI is InChI=1S/C16H23ClF4N2/c1-15(18,19)14-22(7-8-23(14)12-3-2-4-12)10-11-5-6-16(20,21)9-13(11)17/h7-8,11-14H,2-6,9-10H2,1H3. The maximum atomic E-state index is 14.1. The smallest absolute Gasteiger partial charge is 0.283 e. The minimum atomic E-state index is -2.89. The molecule has 1 aliphatic heterocycles. The summed E-state index contributed by atoms with van der Waals surface area (Å²) in [6, 6.07) is 0.162. The van der Waals surface area contributed by atoms with Crippen molar-refractivity contribution >= 4 is 11.6 Å². The molecule has 3 aliphatic rings. The quantitative estimate of drug-likeness (QED) is 0.535. The van der Waals surface area contributed by atoms with Gasteiger partial charge in [-0.2, -0.15) is 0 Å². The Labute approximate surface area is 139 Å². The summed E-state index contributed by atoms with van der Waals surface area (Å²) in [6.45, 7) is 1.23. The molecule has 3 atom stereocenters. The van der Waals surface area contributed by atoms with Crippen LogP contribution in [0.5, 0.6) is 0 Å². The molecule has 3 rings (SSSR count). The van der Waals surface area contributed by atoms with Crippen LogP contribution in [-0.4, -0.2) is 45.8 Å². The molecule has 2 nitrogen and oxygen atoms in total. The zero-order valence-corrected chi connectivity index (χ0v) is 14.0. The van der Waals surface area contributed by atoms with Crippen molar-refractivity contribution < 1.29 is 17.6 Å². The normalized spacial score (nSPS) is 34.8. The van der Waals surface area contributed by atoms with Gasteiger partial charge < -0.3 is 9.80 Å². The highest BCUT2D eigenvalue weighted by Crippen LogP contribution is 2.42. The molecule has 2 fully saturated rings. The first-order valence-corrected chi connectivity index (χ1v) is 8.72. The topological polar surface area (TPSA) is 6.48 Å². The molecule has 2 saturated carbocycles. The fourth-order valence-corrected chi connectivity index (χ4v) is 4.26. The van der Waals surface area contributed by atoms with Gasteiger partial charge in [0.1, 0.15) is 0 Å². The van der Waals surface area contributed by atoms with Crippen molar-refractivity contribution in [2.75, 3.05) is 6.54 Å². The zero-order chi connectivity index (χ0) is 16.8. The van der Waals surface area contributed by atoms with E-state index >= 15 is 0 Å². The highest BCUT2D eigenvalue weighted by molar-refractivity contribution is 6.20. The monoisotopic (exact) mass is 354 g/mol. The Balaban J connectivity index is 1.68. The van der Waals surface area contributed by atoms with Gasteiger partial charge in [0.15, 0.2) is 6.17 Å². The van der Waals surface area contributed by atoms with Crippen LogP contribution in [0, 0.1) is 5.92 Å². The van der Waals surface area contributed by atoms with Crippen LogP contribution in [0.1, 0.15) is 45.4 Å². The molecule has 23 heavy (non-hydrogen) atoms. The fraction of sp³-hybridized carbons (Fsp3) is 0.875. The van der Waals surface area contributed by atoms with Gasteiger partial charge >= 0.3 is 0 Å². The van der Waals surface area contributed by atoms with Crippen LogP contribution in [0.15, 0.2) is 12.4 Å². The number of rotatable bonds is 4. The van der Waals surface area contributed by atoms with Gasteiger partial charge in [-0.3, -0.25) is 0 Å². The van der Waals surface area contributed by atoms with Crippen molar-refractivity contribution in [2.45, 2.75) is 74.9 Å². The lowest BCUT2D eigenvalue weighted by Gasteiger charge is -2.45. The summed E-state index contributed by atoms with van der Waals surface area (Å²) in [6.07, 6.45) is 5.00. The third-order valence-corrected chi connectivity index (χ3v) is 5.82. The highest BCUT2D eigenvalue weighted by Gasteiger charge is 2.48. The van der Waals surface area contributed by atoms with Crippen LogP contribution in [-0.2, 0) is 0 Å². The fourth-order valence-electron chi connectivity index (χ4n) is 3.82. The molecular formula is C16H23ClF4N2. The number of halogens is 5. The summed E-state index contributed by atoms with van der Waals surface area (Å²) in [7, 11) is 0.